The Hall–Kier alpha value is -1.53. The predicted molar refractivity (Wildman–Crippen MR) is 137 cm³/mol. The van der Waals surface area contributed by atoms with E-state index in [1.54, 1.807) is 0 Å². The van der Waals surface area contributed by atoms with Crippen LogP contribution in [0.5, 0.6) is 0 Å². The zero-order valence-corrected chi connectivity index (χ0v) is 22.0. The number of hydrogen-bond acceptors (Lipinski definition) is 6. The summed E-state index contributed by atoms with van der Waals surface area (Å²) in [6, 6.07) is 1.48. The first-order chi connectivity index (χ1) is 15.8. The second-order valence-electron chi connectivity index (χ2n) is 10.9. The van der Waals surface area contributed by atoms with E-state index in [2.05, 4.69) is 54.8 Å². The molecule has 186 valence electrons. The molecule has 6 nitrogen and oxygen atoms in total. The van der Waals surface area contributed by atoms with Crippen LogP contribution in [0.1, 0.15) is 91.5 Å². The molecule has 0 N–H and O–H groups in total. The third-order valence-corrected chi connectivity index (χ3v) is 7.75. The summed E-state index contributed by atoms with van der Waals surface area (Å²) < 4.78 is 0. The highest BCUT2D eigenvalue weighted by Crippen LogP contribution is 2.29. The quantitative estimate of drug-likeness (QED) is 0.473. The van der Waals surface area contributed by atoms with Gasteiger partial charge in [0, 0.05) is 55.9 Å². The molecule has 0 radical (unpaired) electrons. The molecule has 0 amide bonds. The maximum atomic E-state index is 11.8. The summed E-state index contributed by atoms with van der Waals surface area (Å²) >= 11 is 0. The van der Waals surface area contributed by atoms with Crippen molar-refractivity contribution in [2.45, 2.75) is 104 Å². The number of piperidine rings is 1. The standard InChI is InChI=1S/C27H47N5O/c1-7-25-19-31(21(4)5)18-22(6)32(25)27-28-16-24(17-29-27)23-11-14-30(15-12-23)13-9-8-10-26(33)20(2)3/h16-17,20-23,25H,7-15,18-19H2,1-6H3. The lowest BCUT2D eigenvalue weighted by Gasteiger charge is -2.47. The molecule has 0 aromatic carbocycles. The lowest BCUT2D eigenvalue weighted by molar-refractivity contribution is -0.122. The summed E-state index contributed by atoms with van der Waals surface area (Å²) in [5.74, 6) is 2.04. The summed E-state index contributed by atoms with van der Waals surface area (Å²) in [6.07, 6.45) is 10.5. The monoisotopic (exact) mass is 457 g/mol. The Balaban J connectivity index is 1.48. The van der Waals surface area contributed by atoms with Gasteiger partial charge in [0.05, 0.1) is 0 Å². The van der Waals surface area contributed by atoms with E-state index < -0.39 is 0 Å². The normalized spacial score (nSPS) is 23.6. The van der Waals surface area contributed by atoms with E-state index in [9.17, 15) is 4.79 Å². The molecule has 2 unspecified atom stereocenters. The molecule has 2 fully saturated rings. The summed E-state index contributed by atoms with van der Waals surface area (Å²) in [5.41, 5.74) is 1.29. The SMILES string of the molecule is CCC1CN(C(C)C)CC(C)N1c1ncc(C2CCN(CCCCC(=O)C(C)C)CC2)cn1. The first-order valence-corrected chi connectivity index (χ1v) is 13.4. The van der Waals surface area contributed by atoms with Crippen LogP contribution in [-0.4, -0.2) is 76.4 Å². The lowest BCUT2D eigenvalue weighted by Crippen LogP contribution is -2.59. The van der Waals surface area contributed by atoms with E-state index in [0.717, 1.165) is 64.4 Å². The minimum absolute atomic E-state index is 0.176. The molecule has 33 heavy (non-hydrogen) atoms. The first-order valence-electron chi connectivity index (χ1n) is 13.4. The van der Waals surface area contributed by atoms with Crippen LogP contribution in [0, 0.1) is 5.92 Å². The van der Waals surface area contributed by atoms with Gasteiger partial charge in [-0.3, -0.25) is 9.69 Å². The number of piperazine rings is 1. The van der Waals surface area contributed by atoms with Gasteiger partial charge < -0.3 is 9.80 Å². The number of nitrogens with zero attached hydrogens (tertiary/aromatic N) is 5. The summed E-state index contributed by atoms with van der Waals surface area (Å²) in [5, 5.41) is 0. The van der Waals surface area contributed by atoms with Gasteiger partial charge in [-0.05, 0) is 84.0 Å². The Bertz CT molecular complexity index is 727. The Morgan fingerprint density at radius 1 is 1.06 bits per heavy atom. The topological polar surface area (TPSA) is 52.6 Å². The van der Waals surface area contributed by atoms with Gasteiger partial charge in [0.1, 0.15) is 5.78 Å². The van der Waals surface area contributed by atoms with Crippen molar-refractivity contribution in [1.29, 1.82) is 0 Å². The number of aromatic nitrogens is 2. The van der Waals surface area contributed by atoms with E-state index >= 15 is 0 Å². The van der Waals surface area contributed by atoms with E-state index in [-0.39, 0.29) is 5.92 Å². The van der Waals surface area contributed by atoms with Gasteiger partial charge in [-0.2, -0.15) is 0 Å². The average Bonchev–Trinajstić information content (AvgIpc) is 2.81. The molecule has 3 heterocycles. The van der Waals surface area contributed by atoms with Crippen molar-refractivity contribution in [3.63, 3.8) is 0 Å². The van der Waals surface area contributed by atoms with Gasteiger partial charge in [-0.15, -0.1) is 0 Å². The molecule has 0 aliphatic carbocycles. The number of Topliss-reactive ketones (excluding diaryl/α,β-unsaturated/α-hetero) is 1. The third kappa shape index (κ3) is 6.98. The molecular formula is C27H47N5O. The third-order valence-electron chi connectivity index (χ3n) is 7.75. The van der Waals surface area contributed by atoms with Gasteiger partial charge in [-0.1, -0.05) is 20.8 Å². The van der Waals surface area contributed by atoms with Crippen LogP contribution < -0.4 is 4.90 Å². The molecule has 0 bridgehead atoms. The van der Waals surface area contributed by atoms with Crippen LogP contribution in [0.25, 0.3) is 0 Å². The summed E-state index contributed by atoms with van der Waals surface area (Å²) in [4.78, 5) is 29.1. The van der Waals surface area contributed by atoms with Crippen molar-refractivity contribution < 1.29 is 4.79 Å². The zero-order chi connectivity index (χ0) is 24.0. The largest absolute Gasteiger partial charge is 0.333 e. The fourth-order valence-corrected chi connectivity index (χ4v) is 5.42. The van der Waals surface area contributed by atoms with Crippen molar-refractivity contribution >= 4 is 11.7 Å². The molecule has 2 saturated heterocycles. The smallest absolute Gasteiger partial charge is 0.225 e. The van der Waals surface area contributed by atoms with Crippen molar-refractivity contribution in [3.8, 4) is 0 Å². The number of unbranched alkanes of at least 4 members (excludes halogenated alkanes) is 1. The lowest BCUT2D eigenvalue weighted by atomic mass is 9.91. The molecule has 6 heteroatoms. The maximum Gasteiger partial charge on any atom is 0.225 e. The van der Waals surface area contributed by atoms with Gasteiger partial charge in [0.25, 0.3) is 0 Å². The van der Waals surface area contributed by atoms with Crippen LogP contribution in [0.3, 0.4) is 0 Å². The highest BCUT2D eigenvalue weighted by Gasteiger charge is 2.33. The second kappa shape index (κ2) is 12.3. The van der Waals surface area contributed by atoms with Crippen LogP contribution in [0.2, 0.25) is 0 Å². The van der Waals surface area contributed by atoms with Crippen molar-refractivity contribution in [2.24, 2.45) is 5.92 Å². The number of rotatable bonds is 10. The molecule has 1 aromatic heterocycles. The molecule has 0 spiro atoms. The van der Waals surface area contributed by atoms with E-state index in [0.29, 0.717) is 29.8 Å². The van der Waals surface area contributed by atoms with Crippen molar-refractivity contribution in [3.05, 3.63) is 18.0 Å². The van der Waals surface area contributed by atoms with Crippen LogP contribution in [-0.2, 0) is 4.79 Å². The molecular weight excluding hydrogens is 410 g/mol. The number of carbonyl (C=O) groups is 1. The summed E-state index contributed by atoms with van der Waals surface area (Å²) in [6.45, 7) is 18.7. The minimum atomic E-state index is 0.176. The first kappa shape index (κ1) is 26.1. The fourth-order valence-electron chi connectivity index (χ4n) is 5.42. The van der Waals surface area contributed by atoms with E-state index in [4.69, 9.17) is 9.97 Å². The number of hydrogen-bond donors (Lipinski definition) is 0. The van der Waals surface area contributed by atoms with Crippen LogP contribution >= 0.6 is 0 Å². The Morgan fingerprint density at radius 2 is 1.73 bits per heavy atom. The number of carbonyl (C=O) groups excluding carboxylic acids is 1. The Kier molecular flexibility index (Phi) is 9.69. The molecule has 3 rings (SSSR count). The van der Waals surface area contributed by atoms with Gasteiger partial charge >= 0.3 is 0 Å². The molecule has 0 saturated carbocycles. The maximum absolute atomic E-state index is 11.8. The highest BCUT2D eigenvalue weighted by atomic mass is 16.1. The number of anilines is 1. The Labute approximate surface area is 202 Å². The van der Waals surface area contributed by atoms with Crippen molar-refractivity contribution in [1.82, 2.24) is 19.8 Å². The number of likely N-dealkylation sites (tertiary alicyclic amines) is 1. The van der Waals surface area contributed by atoms with E-state index in [1.165, 1.54) is 18.4 Å². The molecule has 2 aliphatic heterocycles. The van der Waals surface area contributed by atoms with Crippen LogP contribution in [0.4, 0.5) is 5.95 Å². The fraction of sp³-hybridized carbons (Fsp3) is 0.815. The van der Waals surface area contributed by atoms with Gasteiger partial charge in [0.2, 0.25) is 5.95 Å². The average molecular weight is 458 g/mol. The minimum Gasteiger partial charge on any atom is -0.333 e. The van der Waals surface area contributed by atoms with E-state index in [1.807, 2.05) is 13.8 Å². The summed E-state index contributed by atoms with van der Waals surface area (Å²) in [7, 11) is 0. The molecule has 1 aromatic rings. The second-order valence-corrected chi connectivity index (χ2v) is 10.9. The molecule has 2 atom stereocenters. The zero-order valence-electron chi connectivity index (χ0n) is 22.0. The number of ketones is 1. The highest BCUT2D eigenvalue weighted by molar-refractivity contribution is 5.80. The van der Waals surface area contributed by atoms with Crippen LogP contribution in [0.15, 0.2) is 12.4 Å². The van der Waals surface area contributed by atoms with Gasteiger partial charge in [-0.25, -0.2) is 9.97 Å². The predicted octanol–water partition coefficient (Wildman–Crippen LogP) is 4.75. The van der Waals surface area contributed by atoms with Gasteiger partial charge in [0.15, 0.2) is 0 Å². The van der Waals surface area contributed by atoms with Crippen molar-refractivity contribution in [2.75, 3.05) is 37.6 Å². The molecule has 2 aliphatic rings. The Morgan fingerprint density at radius 3 is 2.30 bits per heavy atom.